The first-order chi connectivity index (χ1) is 29.5. The van der Waals surface area contributed by atoms with Gasteiger partial charge in [0.1, 0.15) is 16.9 Å². The Morgan fingerprint density at radius 2 is 1.49 bits per heavy atom. The van der Waals surface area contributed by atoms with Crippen molar-refractivity contribution in [3.63, 3.8) is 0 Å². The number of methoxy groups -OCH3 is 1. The number of esters is 1. The third kappa shape index (κ3) is 15.8. The van der Waals surface area contributed by atoms with E-state index in [1.807, 2.05) is 75.4 Å². The number of nitrogens with one attached hydrogen (secondary N) is 3. The van der Waals surface area contributed by atoms with E-state index in [1.54, 1.807) is 23.4 Å². The van der Waals surface area contributed by atoms with Gasteiger partial charge in [-0.3, -0.25) is 14.6 Å². The molecular weight excluding hydrogens is 783 g/mol. The van der Waals surface area contributed by atoms with Crippen LogP contribution < -0.4 is 15.4 Å². The average Bonchev–Trinajstić information content (AvgIpc) is 3.77. The number of anilines is 1. The Morgan fingerprint density at radius 1 is 0.803 bits per heavy atom. The smallest absolute Gasteiger partial charge is 0.410 e. The van der Waals surface area contributed by atoms with Crippen LogP contribution in [0.15, 0.2) is 73.1 Å². The standard InChI is InChI=1S/C45H61N7O9/c1-44(2,3)61-43(55)52-22-18-45(19-23-52,42-48-40(50-51-42)35-15-20-46-21-16-35)49-37-13-10-12-36(32-37)41(54)47-33-34-11-9-14-38(31-34)60-25-8-6-5-7-24-57-27-29-59-30-28-58-26-17-39(53)56-4/h9-16,20-21,31-32,49H,5-8,17-19,22-30,33H2,1-4H3,(H,47,54)(H,48,50,51). The van der Waals surface area contributed by atoms with Crippen molar-refractivity contribution in [1.82, 2.24) is 30.4 Å². The van der Waals surface area contributed by atoms with Gasteiger partial charge in [0.15, 0.2) is 11.6 Å². The average molecular weight is 844 g/mol. The lowest BCUT2D eigenvalue weighted by Crippen LogP contribution is -2.50. The highest BCUT2D eigenvalue weighted by Gasteiger charge is 2.41. The molecule has 61 heavy (non-hydrogen) atoms. The number of aromatic amines is 1. The number of likely N-dealkylation sites (tertiary alicyclic amines) is 1. The maximum atomic E-state index is 13.5. The zero-order chi connectivity index (χ0) is 43.3. The van der Waals surface area contributed by atoms with Crippen molar-refractivity contribution in [2.75, 3.05) is 71.8 Å². The van der Waals surface area contributed by atoms with Gasteiger partial charge >= 0.3 is 12.1 Å². The number of aromatic nitrogens is 4. The quantitative estimate of drug-likeness (QED) is 0.0501. The molecule has 0 bridgehead atoms. The third-order valence-corrected chi connectivity index (χ3v) is 9.90. The second-order valence-corrected chi connectivity index (χ2v) is 15.8. The van der Waals surface area contributed by atoms with Crippen molar-refractivity contribution in [3.05, 3.63) is 90.0 Å². The van der Waals surface area contributed by atoms with Crippen LogP contribution in [-0.2, 0) is 40.6 Å². The zero-order valence-electron chi connectivity index (χ0n) is 35.9. The number of carbonyl (C=O) groups is 3. The summed E-state index contributed by atoms with van der Waals surface area (Å²) >= 11 is 0. The number of benzene rings is 2. The molecule has 3 N–H and O–H groups in total. The molecule has 5 rings (SSSR count). The minimum absolute atomic E-state index is 0.210. The predicted molar refractivity (Wildman–Crippen MR) is 229 cm³/mol. The first-order valence-corrected chi connectivity index (χ1v) is 21.0. The molecular formula is C45H61N7O9. The summed E-state index contributed by atoms with van der Waals surface area (Å²) in [5, 5.41) is 15.7. The van der Waals surface area contributed by atoms with Crippen LogP contribution in [0.25, 0.3) is 11.4 Å². The number of H-pyrrole nitrogens is 1. The Bertz CT molecular complexity index is 1950. The third-order valence-electron chi connectivity index (χ3n) is 9.90. The molecule has 16 heteroatoms. The van der Waals surface area contributed by atoms with Gasteiger partial charge in [0.25, 0.3) is 5.91 Å². The van der Waals surface area contributed by atoms with Gasteiger partial charge in [-0.1, -0.05) is 24.6 Å². The summed E-state index contributed by atoms with van der Waals surface area (Å²) in [7, 11) is 1.36. The predicted octanol–water partition coefficient (Wildman–Crippen LogP) is 6.69. The zero-order valence-corrected chi connectivity index (χ0v) is 35.9. The van der Waals surface area contributed by atoms with Gasteiger partial charge in [-0.25, -0.2) is 4.79 Å². The number of nitrogens with zero attached hydrogens (tertiary/aromatic N) is 4. The number of hydrogen-bond donors (Lipinski definition) is 3. The number of piperidine rings is 1. The van der Waals surface area contributed by atoms with E-state index in [-0.39, 0.29) is 24.4 Å². The van der Waals surface area contributed by atoms with Crippen LogP contribution in [0.5, 0.6) is 5.75 Å². The Labute approximate surface area is 358 Å². The summed E-state index contributed by atoms with van der Waals surface area (Å²) < 4.78 is 32.7. The van der Waals surface area contributed by atoms with Crippen molar-refractivity contribution in [1.29, 1.82) is 0 Å². The molecule has 2 amide bonds. The number of ether oxygens (including phenoxy) is 6. The molecule has 1 aliphatic rings. The fourth-order valence-corrected chi connectivity index (χ4v) is 6.63. The Hall–Kier alpha value is -5.58. The first-order valence-electron chi connectivity index (χ1n) is 21.0. The summed E-state index contributed by atoms with van der Waals surface area (Å²) in [5.74, 6) is 1.52. The highest BCUT2D eigenvalue weighted by Crippen LogP contribution is 2.36. The number of amides is 2. The molecule has 0 aliphatic carbocycles. The molecule has 0 radical (unpaired) electrons. The van der Waals surface area contributed by atoms with Gasteiger partial charge in [0.05, 0.1) is 53.2 Å². The van der Waals surface area contributed by atoms with Crippen LogP contribution in [0.3, 0.4) is 0 Å². The maximum Gasteiger partial charge on any atom is 0.410 e. The molecule has 0 spiro atoms. The van der Waals surface area contributed by atoms with E-state index in [0.717, 1.165) is 48.2 Å². The van der Waals surface area contributed by atoms with Gasteiger partial charge in [0.2, 0.25) is 0 Å². The molecule has 0 atom stereocenters. The normalized spacial score (nSPS) is 13.7. The Morgan fingerprint density at radius 3 is 2.21 bits per heavy atom. The minimum Gasteiger partial charge on any atom is -0.494 e. The Balaban J connectivity index is 1.04. The van der Waals surface area contributed by atoms with Crippen molar-refractivity contribution < 1.29 is 42.8 Å². The topological polar surface area (TPSA) is 188 Å². The van der Waals surface area contributed by atoms with E-state index in [4.69, 9.17) is 23.7 Å². The van der Waals surface area contributed by atoms with Crippen LogP contribution in [-0.4, -0.2) is 115 Å². The van der Waals surface area contributed by atoms with E-state index in [1.165, 1.54) is 7.11 Å². The van der Waals surface area contributed by atoms with Gasteiger partial charge in [-0.2, -0.15) is 0 Å². The number of rotatable bonds is 24. The van der Waals surface area contributed by atoms with Crippen molar-refractivity contribution >= 4 is 23.7 Å². The molecule has 1 aliphatic heterocycles. The van der Waals surface area contributed by atoms with Gasteiger partial charge in [-0.05, 0) is 101 Å². The van der Waals surface area contributed by atoms with Crippen molar-refractivity contribution in [3.8, 4) is 17.1 Å². The summed E-state index contributed by atoms with van der Waals surface area (Å²) in [6, 6.07) is 18.9. The van der Waals surface area contributed by atoms with E-state index in [9.17, 15) is 14.4 Å². The molecule has 2 aromatic carbocycles. The fourth-order valence-electron chi connectivity index (χ4n) is 6.63. The SMILES string of the molecule is COC(=O)CCOCCOCCOCCCCCCOc1cccc(CNC(=O)c2cccc(NC3(c4nnc(-c5ccncc5)[nH]4)CCN(C(=O)OC(C)(C)C)CC3)c2)c1. The van der Waals surface area contributed by atoms with Crippen LogP contribution in [0.2, 0.25) is 0 Å². The molecule has 0 unspecified atom stereocenters. The number of unbranched alkanes of at least 4 members (excludes halogenated alkanes) is 3. The maximum absolute atomic E-state index is 13.5. The minimum atomic E-state index is -0.704. The van der Waals surface area contributed by atoms with Gasteiger partial charge in [-0.15, -0.1) is 10.2 Å². The summed E-state index contributed by atoms with van der Waals surface area (Å²) in [6.07, 6.45) is 8.32. The number of pyridine rings is 1. The molecule has 4 aromatic rings. The Kier molecular flexibility index (Phi) is 18.3. The van der Waals surface area contributed by atoms with E-state index in [2.05, 4.69) is 35.5 Å². The van der Waals surface area contributed by atoms with Crippen LogP contribution in [0, 0.1) is 0 Å². The first kappa shape index (κ1) is 46.5. The van der Waals surface area contributed by atoms with Gasteiger partial charge in [0, 0.05) is 55.4 Å². The summed E-state index contributed by atoms with van der Waals surface area (Å²) in [6.45, 7) is 10.3. The monoisotopic (exact) mass is 843 g/mol. The molecule has 0 saturated carbocycles. The molecule has 1 saturated heterocycles. The second kappa shape index (κ2) is 24.0. The van der Waals surface area contributed by atoms with E-state index >= 15 is 0 Å². The van der Waals surface area contributed by atoms with Crippen molar-refractivity contribution in [2.45, 2.75) is 83.4 Å². The largest absolute Gasteiger partial charge is 0.494 e. The number of hydrogen-bond acceptors (Lipinski definition) is 13. The van der Waals surface area contributed by atoms with Crippen LogP contribution >= 0.6 is 0 Å². The fraction of sp³-hybridized carbons (Fsp3) is 0.511. The van der Waals surface area contributed by atoms with Gasteiger partial charge < -0.3 is 48.9 Å². The molecule has 16 nitrogen and oxygen atoms in total. The van der Waals surface area contributed by atoms with E-state index < -0.39 is 11.1 Å². The van der Waals surface area contributed by atoms with Crippen LogP contribution in [0.1, 0.15) is 87.5 Å². The summed E-state index contributed by atoms with van der Waals surface area (Å²) in [5.41, 5.74) is 1.72. The van der Waals surface area contributed by atoms with E-state index in [0.29, 0.717) is 95.9 Å². The highest BCUT2D eigenvalue weighted by atomic mass is 16.6. The molecule has 3 heterocycles. The van der Waals surface area contributed by atoms with Crippen molar-refractivity contribution in [2.24, 2.45) is 0 Å². The van der Waals surface area contributed by atoms with Crippen LogP contribution in [0.4, 0.5) is 10.5 Å². The molecule has 2 aromatic heterocycles. The summed E-state index contributed by atoms with van der Waals surface area (Å²) in [4.78, 5) is 46.7. The molecule has 330 valence electrons. The highest BCUT2D eigenvalue weighted by molar-refractivity contribution is 5.95. The lowest BCUT2D eigenvalue weighted by Gasteiger charge is -2.41. The second-order valence-electron chi connectivity index (χ2n) is 15.8. The number of carbonyl (C=O) groups excluding carboxylic acids is 3. The lowest BCUT2D eigenvalue weighted by molar-refractivity contribution is -0.141. The molecule has 1 fully saturated rings. The lowest BCUT2D eigenvalue weighted by atomic mass is 9.86.